The van der Waals surface area contributed by atoms with Crippen molar-refractivity contribution in [1.82, 2.24) is 5.32 Å². The third kappa shape index (κ3) is 3.56. The van der Waals surface area contributed by atoms with Crippen molar-refractivity contribution in [3.05, 3.63) is 28.8 Å². The lowest BCUT2D eigenvalue weighted by molar-refractivity contribution is -0.140. The first-order valence-corrected chi connectivity index (χ1v) is 9.23. The van der Waals surface area contributed by atoms with Gasteiger partial charge in [0, 0.05) is 11.7 Å². The minimum Gasteiger partial charge on any atom is -0.481 e. The molecule has 0 bridgehead atoms. The number of amides is 2. The molecule has 2 amide bonds. The molecular weight excluding hydrogens is 356 g/mol. The fourth-order valence-corrected chi connectivity index (χ4v) is 4.12. The first kappa shape index (κ1) is 18.7. The molecule has 2 saturated carbocycles. The number of nitrogens with one attached hydrogen (secondary N) is 2. The Labute approximate surface area is 157 Å². The normalized spacial score (nSPS) is 24.1. The maximum Gasteiger partial charge on any atom is 0.307 e. The third-order valence-electron chi connectivity index (χ3n) is 5.54. The third-order valence-corrected chi connectivity index (χ3v) is 5.87. The Balaban J connectivity index is 1.70. The molecular formula is C19H23ClN2O4. The van der Waals surface area contributed by atoms with Crippen LogP contribution in [0.2, 0.25) is 5.02 Å². The van der Waals surface area contributed by atoms with Gasteiger partial charge in [0.2, 0.25) is 5.91 Å². The van der Waals surface area contributed by atoms with E-state index in [-0.39, 0.29) is 17.9 Å². The first-order chi connectivity index (χ1) is 12.2. The molecule has 2 aliphatic rings. The number of hydrogen-bond acceptors (Lipinski definition) is 3. The number of carbonyl (C=O) groups excluding carboxylic acids is 2. The lowest BCUT2D eigenvalue weighted by Crippen LogP contribution is -2.32. The van der Waals surface area contributed by atoms with Gasteiger partial charge in [-0.15, -0.1) is 0 Å². The smallest absolute Gasteiger partial charge is 0.307 e. The molecule has 1 aromatic rings. The van der Waals surface area contributed by atoms with Crippen molar-refractivity contribution in [3.63, 3.8) is 0 Å². The molecule has 0 aliphatic heterocycles. The van der Waals surface area contributed by atoms with Gasteiger partial charge in [-0.1, -0.05) is 38.3 Å². The Kier molecular flexibility index (Phi) is 4.97. The highest BCUT2D eigenvalue weighted by molar-refractivity contribution is 6.34. The van der Waals surface area contributed by atoms with Crippen LogP contribution < -0.4 is 10.6 Å². The Morgan fingerprint density at radius 2 is 1.81 bits per heavy atom. The van der Waals surface area contributed by atoms with Gasteiger partial charge in [0.25, 0.3) is 5.91 Å². The predicted octanol–water partition coefficient (Wildman–Crippen LogP) is 3.31. The lowest BCUT2D eigenvalue weighted by Gasteiger charge is -2.14. The van der Waals surface area contributed by atoms with E-state index >= 15 is 0 Å². The minimum absolute atomic E-state index is 0.167. The summed E-state index contributed by atoms with van der Waals surface area (Å²) < 4.78 is 0. The second-order valence-corrected chi connectivity index (χ2v) is 8.16. The molecule has 0 spiro atoms. The number of carboxylic acids is 1. The number of aliphatic carboxylic acids is 1. The van der Waals surface area contributed by atoms with Crippen LogP contribution >= 0.6 is 11.6 Å². The number of rotatable bonds is 5. The first-order valence-electron chi connectivity index (χ1n) is 8.86. The van der Waals surface area contributed by atoms with Gasteiger partial charge in [-0.2, -0.15) is 0 Å². The molecule has 2 atom stereocenters. The zero-order chi connectivity index (χ0) is 19.1. The van der Waals surface area contributed by atoms with Gasteiger partial charge in [-0.3, -0.25) is 14.4 Å². The van der Waals surface area contributed by atoms with Gasteiger partial charge >= 0.3 is 5.97 Å². The van der Waals surface area contributed by atoms with Crippen molar-refractivity contribution < 1.29 is 19.5 Å². The van der Waals surface area contributed by atoms with E-state index < -0.39 is 23.2 Å². The molecule has 0 heterocycles. The summed E-state index contributed by atoms with van der Waals surface area (Å²) in [5.74, 6) is -2.87. The van der Waals surface area contributed by atoms with E-state index in [1.807, 2.05) is 0 Å². The van der Waals surface area contributed by atoms with Crippen molar-refractivity contribution >= 4 is 35.1 Å². The summed E-state index contributed by atoms with van der Waals surface area (Å²) in [5.41, 5.74) is 0.161. The maximum absolute atomic E-state index is 12.5. The summed E-state index contributed by atoms with van der Waals surface area (Å²) in [6.07, 6.45) is 4.15. The van der Waals surface area contributed by atoms with Crippen LogP contribution in [0.5, 0.6) is 0 Å². The lowest BCUT2D eigenvalue weighted by atomic mass is 10.1. The molecule has 140 valence electrons. The van der Waals surface area contributed by atoms with E-state index in [9.17, 15) is 19.5 Å². The number of halogens is 1. The van der Waals surface area contributed by atoms with E-state index in [2.05, 4.69) is 10.6 Å². The summed E-state index contributed by atoms with van der Waals surface area (Å²) in [7, 11) is 0. The van der Waals surface area contributed by atoms with Crippen molar-refractivity contribution in [2.75, 3.05) is 5.32 Å². The van der Waals surface area contributed by atoms with Gasteiger partial charge < -0.3 is 15.7 Å². The Bertz CT molecular complexity index is 756. The molecule has 2 aliphatic carbocycles. The zero-order valence-corrected chi connectivity index (χ0v) is 15.6. The Morgan fingerprint density at radius 1 is 1.15 bits per heavy atom. The van der Waals surface area contributed by atoms with E-state index in [1.165, 1.54) is 6.07 Å². The van der Waals surface area contributed by atoms with Crippen molar-refractivity contribution in [1.29, 1.82) is 0 Å². The zero-order valence-electron chi connectivity index (χ0n) is 14.8. The molecule has 0 unspecified atom stereocenters. The Morgan fingerprint density at radius 3 is 2.38 bits per heavy atom. The minimum atomic E-state index is -0.970. The van der Waals surface area contributed by atoms with E-state index in [1.54, 1.807) is 26.0 Å². The van der Waals surface area contributed by atoms with Crippen molar-refractivity contribution in [2.45, 2.75) is 45.6 Å². The highest BCUT2D eigenvalue weighted by atomic mass is 35.5. The number of benzene rings is 1. The molecule has 3 N–H and O–H groups in total. The summed E-state index contributed by atoms with van der Waals surface area (Å²) in [6, 6.07) is 4.88. The quantitative estimate of drug-likeness (QED) is 0.732. The highest BCUT2D eigenvalue weighted by Crippen LogP contribution is 2.58. The summed E-state index contributed by atoms with van der Waals surface area (Å²) in [4.78, 5) is 36.2. The average Bonchev–Trinajstić information content (AvgIpc) is 2.90. The van der Waals surface area contributed by atoms with Crippen molar-refractivity contribution in [3.8, 4) is 0 Å². The van der Waals surface area contributed by atoms with E-state index in [0.717, 1.165) is 25.7 Å². The highest BCUT2D eigenvalue weighted by Gasteiger charge is 2.65. The van der Waals surface area contributed by atoms with Crippen LogP contribution in [0.25, 0.3) is 0 Å². The number of carbonyl (C=O) groups is 3. The van der Waals surface area contributed by atoms with Crippen LogP contribution in [0.15, 0.2) is 18.2 Å². The Hall–Kier alpha value is -2.08. The SMILES string of the molecule is CC1(C)[C@@H](C(=O)O)[C@@H]1C(=O)Nc1ccc(Cl)c(C(=O)NC2CCCC2)c1. The van der Waals surface area contributed by atoms with Gasteiger partial charge in [0.15, 0.2) is 0 Å². The van der Waals surface area contributed by atoms with Gasteiger partial charge in [0.1, 0.15) is 0 Å². The van der Waals surface area contributed by atoms with Crippen LogP contribution in [0, 0.1) is 17.3 Å². The summed E-state index contributed by atoms with van der Waals surface area (Å²) in [5, 5.41) is 15.2. The molecule has 0 radical (unpaired) electrons. The fourth-order valence-electron chi connectivity index (χ4n) is 3.92. The second-order valence-electron chi connectivity index (χ2n) is 7.75. The predicted molar refractivity (Wildman–Crippen MR) is 98.2 cm³/mol. The monoisotopic (exact) mass is 378 g/mol. The number of hydrogen-bond donors (Lipinski definition) is 3. The standard InChI is InChI=1S/C19H23ClN2O4/c1-19(2)14(15(19)18(25)26)17(24)22-11-7-8-13(20)12(9-11)16(23)21-10-5-3-4-6-10/h7-10,14-15H,3-6H2,1-2H3,(H,21,23)(H,22,24)(H,25,26)/t14-,15-/m1/s1. The van der Waals surface area contributed by atoms with Crippen LogP contribution in [-0.2, 0) is 9.59 Å². The number of carboxylic acid groups (broad SMARTS) is 1. The fraction of sp³-hybridized carbons (Fsp3) is 0.526. The average molecular weight is 379 g/mol. The van der Waals surface area contributed by atoms with Gasteiger partial charge in [-0.25, -0.2) is 0 Å². The summed E-state index contributed by atoms with van der Waals surface area (Å²) in [6.45, 7) is 3.52. The molecule has 6 nitrogen and oxygen atoms in total. The van der Waals surface area contributed by atoms with Crippen molar-refractivity contribution in [2.24, 2.45) is 17.3 Å². The van der Waals surface area contributed by atoms with Gasteiger partial charge in [-0.05, 0) is 36.5 Å². The molecule has 0 aromatic heterocycles. The molecule has 2 fully saturated rings. The topological polar surface area (TPSA) is 95.5 Å². The number of anilines is 1. The van der Waals surface area contributed by atoms with Crippen LogP contribution in [0.1, 0.15) is 49.9 Å². The van der Waals surface area contributed by atoms with Crippen LogP contribution in [0.3, 0.4) is 0 Å². The molecule has 1 aromatic carbocycles. The maximum atomic E-state index is 12.5. The summed E-state index contributed by atoms with van der Waals surface area (Å²) >= 11 is 6.15. The van der Waals surface area contributed by atoms with E-state index in [0.29, 0.717) is 16.3 Å². The van der Waals surface area contributed by atoms with Crippen LogP contribution in [-0.4, -0.2) is 28.9 Å². The van der Waals surface area contributed by atoms with Gasteiger partial charge in [0.05, 0.1) is 22.4 Å². The molecule has 0 saturated heterocycles. The molecule has 3 rings (SSSR count). The largest absolute Gasteiger partial charge is 0.481 e. The molecule has 26 heavy (non-hydrogen) atoms. The second kappa shape index (κ2) is 6.91. The van der Waals surface area contributed by atoms with Crippen LogP contribution in [0.4, 0.5) is 5.69 Å². The van der Waals surface area contributed by atoms with E-state index in [4.69, 9.17) is 11.6 Å². The molecule has 7 heteroatoms.